The summed E-state index contributed by atoms with van der Waals surface area (Å²) in [6.45, 7) is 1.05. The van der Waals surface area contributed by atoms with E-state index in [0.717, 1.165) is 13.0 Å². The van der Waals surface area contributed by atoms with E-state index in [2.05, 4.69) is 16.9 Å². The molecule has 2 bridgehead atoms. The van der Waals surface area contributed by atoms with E-state index in [-0.39, 0.29) is 12.1 Å². The molecule has 0 N–H and O–H groups in total. The van der Waals surface area contributed by atoms with Gasteiger partial charge in [-0.3, -0.25) is 4.98 Å². The van der Waals surface area contributed by atoms with Crippen LogP contribution in [0.4, 0.5) is 0 Å². The number of nitrogens with zero attached hydrogens (tertiary/aromatic N) is 2. The molecule has 2 aliphatic heterocycles. The van der Waals surface area contributed by atoms with E-state index >= 15 is 0 Å². The van der Waals surface area contributed by atoms with Crippen molar-refractivity contribution in [3.8, 4) is 0 Å². The minimum absolute atomic E-state index is 0.0904. The van der Waals surface area contributed by atoms with E-state index in [0.29, 0.717) is 17.5 Å². The van der Waals surface area contributed by atoms with Crippen molar-refractivity contribution >= 4 is 5.97 Å². The molecule has 4 nitrogen and oxygen atoms in total. The van der Waals surface area contributed by atoms with Gasteiger partial charge in [0.05, 0.1) is 5.56 Å². The first-order valence-electron chi connectivity index (χ1n) is 6.55. The summed E-state index contributed by atoms with van der Waals surface area (Å²) in [6.07, 6.45) is 6.71. The molecule has 4 heteroatoms. The predicted octanol–water partition coefficient (Wildman–Crippen LogP) is 1.72. The lowest BCUT2D eigenvalue weighted by molar-refractivity contribution is -0.0558. The molecule has 2 saturated heterocycles. The Bertz CT molecular complexity index is 435. The van der Waals surface area contributed by atoms with E-state index < -0.39 is 0 Å². The molecule has 0 aromatic carbocycles. The molecule has 3 aliphatic rings. The van der Waals surface area contributed by atoms with Gasteiger partial charge in [-0.15, -0.1) is 0 Å². The Balaban J connectivity index is 1.66. The molecular formula is C14H18N2O2. The minimum Gasteiger partial charge on any atom is -0.458 e. The maximum absolute atomic E-state index is 12.0. The number of rotatable bonds is 2. The summed E-state index contributed by atoms with van der Waals surface area (Å²) < 4.78 is 5.65. The van der Waals surface area contributed by atoms with Gasteiger partial charge in [-0.25, -0.2) is 4.79 Å². The van der Waals surface area contributed by atoms with Gasteiger partial charge in [-0.05, 0) is 32.0 Å². The van der Waals surface area contributed by atoms with Crippen LogP contribution in [0.15, 0.2) is 24.5 Å². The zero-order valence-electron chi connectivity index (χ0n) is 10.6. The Morgan fingerprint density at radius 1 is 1.50 bits per heavy atom. The Hall–Kier alpha value is -1.42. The third kappa shape index (κ3) is 2.12. The largest absolute Gasteiger partial charge is 0.458 e. The van der Waals surface area contributed by atoms with Crippen LogP contribution in [0.25, 0.3) is 0 Å². The normalized spacial score (nSPS) is 31.3. The second-order valence-corrected chi connectivity index (χ2v) is 5.35. The summed E-state index contributed by atoms with van der Waals surface area (Å²) in [6, 6.07) is 4.10. The number of esters is 1. The number of carbonyl (C=O) groups is 1. The van der Waals surface area contributed by atoms with Gasteiger partial charge in [0.25, 0.3) is 0 Å². The molecule has 0 radical (unpaired) electrons. The van der Waals surface area contributed by atoms with Crippen molar-refractivity contribution in [3.63, 3.8) is 0 Å². The first-order valence-corrected chi connectivity index (χ1v) is 6.55. The molecule has 1 aliphatic carbocycles. The van der Waals surface area contributed by atoms with E-state index in [1.54, 1.807) is 24.5 Å². The molecule has 0 amide bonds. The van der Waals surface area contributed by atoms with Crippen LogP contribution in [-0.4, -0.2) is 41.6 Å². The molecular weight excluding hydrogens is 228 g/mol. The third-order valence-electron chi connectivity index (χ3n) is 4.20. The highest BCUT2D eigenvalue weighted by atomic mass is 16.5. The first kappa shape index (κ1) is 11.7. The lowest BCUT2D eigenvalue weighted by atomic mass is 9.78. The monoisotopic (exact) mass is 246 g/mol. The highest BCUT2D eigenvalue weighted by Crippen LogP contribution is 2.36. The fraction of sp³-hybridized carbons (Fsp3) is 0.571. The zero-order valence-corrected chi connectivity index (χ0v) is 10.6. The summed E-state index contributed by atoms with van der Waals surface area (Å²) >= 11 is 0. The number of fused-ring (bicyclic) bond motifs is 3. The van der Waals surface area contributed by atoms with Crippen molar-refractivity contribution in [2.45, 2.75) is 31.4 Å². The van der Waals surface area contributed by atoms with E-state index in [1.165, 1.54) is 12.8 Å². The molecule has 0 spiro atoms. The fourth-order valence-corrected chi connectivity index (χ4v) is 3.13. The average molecular weight is 246 g/mol. The number of aromatic nitrogens is 1. The SMILES string of the molecule is CN1C[C@H]2CC[C@@H]1C[C@H]2OC(=O)c1cccnc1. The van der Waals surface area contributed by atoms with Crippen LogP contribution in [-0.2, 0) is 4.74 Å². The van der Waals surface area contributed by atoms with E-state index in [4.69, 9.17) is 4.74 Å². The Labute approximate surface area is 107 Å². The summed E-state index contributed by atoms with van der Waals surface area (Å²) in [5.74, 6) is 0.268. The number of piperidine rings is 2. The van der Waals surface area contributed by atoms with E-state index in [9.17, 15) is 4.79 Å². The van der Waals surface area contributed by atoms with Crippen LogP contribution >= 0.6 is 0 Å². The molecule has 1 aromatic rings. The lowest BCUT2D eigenvalue weighted by Crippen LogP contribution is -2.53. The first-order chi connectivity index (χ1) is 8.74. The number of ether oxygens (including phenoxy) is 1. The number of carbonyl (C=O) groups excluding carboxylic acids is 1. The van der Waals surface area contributed by atoms with Gasteiger partial charge >= 0.3 is 5.97 Å². The smallest absolute Gasteiger partial charge is 0.339 e. The Kier molecular flexibility index (Phi) is 3.04. The maximum atomic E-state index is 12.0. The van der Waals surface area contributed by atoms with Crippen LogP contribution in [0.3, 0.4) is 0 Å². The van der Waals surface area contributed by atoms with Crippen molar-refractivity contribution in [1.29, 1.82) is 0 Å². The second-order valence-electron chi connectivity index (χ2n) is 5.35. The molecule has 0 unspecified atom stereocenters. The summed E-state index contributed by atoms with van der Waals surface area (Å²) in [7, 11) is 2.16. The molecule has 3 heterocycles. The topological polar surface area (TPSA) is 42.4 Å². The molecule has 18 heavy (non-hydrogen) atoms. The van der Waals surface area contributed by atoms with Gasteiger partial charge in [0.2, 0.25) is 0 Å². The molecule has 1 saturated carbocycles. The fourth-order valence-electron chi connectivity index (χ4n) is 3.13. The van der Waals surface area contributed by atoms with Crippen LogP contribution in [0.5, 0.6) is 0 Å². The van der Waals surface area contributed by atoms with Gasteiger partial charge in [-0.2, -0.15) is 0 Å². The van der Waals surface area contributed by atoms with Gasteiger partial charge in [0.15, 0.2) is 0 Å². The Morgan fingerprint density at radius 3 is 3.00 bits per heavy atom. The number of hydrogen-bond acceptors (Lipinski definition) is 4. The van der Waals surface area contributed by atoms with Crippen LogP contribution in [0.2, 0.25) is 0 Å². The second kappa shape index (κ2) is 4.69. The van der Waals surface area contributed by atoms with Crippen LogP contribution < -0.4 is 0 Å². The van der Waals surface area contributed by atoms with Gasteiger partial charge in [-0.1, -0.05) is 0 Å². The summed E-state index contributed by atoms with van der Waals surface area (Å²) in [5, 5.41) is 0. The highest BCUT2D eigenvalue weighted by molar-refractivity contribution is 5.89. The third-order valence-corrected chi connectivity index (χ3v) is 4.20. The van der Waals surface area contributed by atoms with Crippen LogP contribution in [0.1, 0.15) is 29.6 Å². The minimum atomic E-state index is -0.233. The molecule has 96 valence electrons. The number of hydrogen-bond donors (Lipinski definition) is 0. The Morgan fingerprint density at radius 2 is 2.39 bits per heavy atom. The predicted molar refractivity (Wildman–Crippen MR) is 67.2 cm³/mol. The number of pyridine rings is 1. The van der Waals surface area contributed by atoms with Crippen molar-refractivity contribution in [3.05, 3.63) is 30.1 Å². The average Bonchev–Trinajstić information content (AvgIpc) is 2.41. The standard InChI is InChI=1S/C14H18N2O2/c1-16-9-11-4-5-12(16)7-13(11)18-14(17)10-3-2-6-15-8-10/h2-3,6,8,11-13H,4-5,7,9H2,1H3/t11-,12-,13-/m1/s1. The summed E-state index contributed by atoms with van der Waals surface area (Å²) in [4.78, 5) is 18.3. The van der Waals surface area contributed by atoms with Crippen molar-refractivity contribution in [1.82, 2.24) is 9.88 Å². The molecule has 3 atom stereocenters. The zero-order chi connectivity index (χ0) is 12.5. The lowest BCUT2D eigenvalue weighted by Gasteiger charge is -2.47. The molecule has 3 fully saturated rings. The van der Waals surface area contributed by atoms with Gasteiger partial charge < -0.3 is 9.64 Å². The van der Waals surface area contributed by atoms with Gasteiger partial charge in [0.1, 0.15) is 6.10 Å². The van der Waals surface area contributed by atoms with Gasteiger partial charge in [0, 0.05) is 37.3 Å². The van der Waals surface area contributed by atoms with Crippen molar-refractivity contribution in [2.24, 2.45) is 5.92 Å². The maximum Gasteiger partial charge on any atom is 0.339 e. The quantitative estimate of drug-likeness (QED) is 0.745. The van der Waals surface area contributed by atoms with E-state index in [1.807, 2.05) is 0 Å². The molecule has 4 rings (SSSR count). The van der Waals surface area contributed by atoms with Crippen molar-refractivity contribution < 1.29 is 9.53 Å². The highest BCUT2D eigenvalue weighted by Gasteiger charge is 2.40. The summed E-state index contributed by atoms with van der Waals surface area (Å²) in [5.41, 5.74) is 0.548. The van der Waals surface area contributed by atoms with Crippen LogP contribution in [0, 0.1) is 5.92 Å². The van der Waals surface area contributed by atoms with Crippen molar-refractivity contribution in [2.75, 3.05) is 13.6 Å². The molecule has 1 aromatic heterocycles.